The fourth-order valence-corrected chi connectivity index (χ4v) is 2.38. The molecule has 1 N–H and O–H groups in total. The molecule has 0 unspecified atom stereocenters. The van der Waals surface area contributed by atoms with E-state index in [0.29, 0.717) is 0 Å². The molecule has 0 aliphatic heterocycles. The van der Waals surface area contributed by atoms with E-state index in [1.807, 2.05) is 60.7 Å². The highest BCUT2D eigenvalue weighted by molar-refractivity contribution is 7.85. The monoisotopic (exact) mass is 320 g/mol. The molecule has 0 radical (unpaired) electrons. The largest absolute Gasteiger partial charge is 0.464 e. The van der Waals surface area contributed by atoms with Gasteiger partial charge < -0.3 is 4.74 Å². The van der Waals surface area contributed by atoms with Gasteiger partial charge in [0.2, 0.25) is 0 Å². The van der Waals surface area contributed by atoms with Crippen molar-refractivity contribution in [2.75, 3.05) is 12.4 Å². The molecule has 2 aromatic rings. The Labute approximate surface area is 129 Å². The molecular formula is C16H16O5S. The van der Waals surface area contributed by atoms with Crippen LogP contribution in [0, 0.1) is 0 Å². The first-order chi connectivity index (χ1) is 10.5. The number of carbonyl (C=O) groups is 1. The summed E-state index contributed by atoms with van der Waals surface area (Å²) in [7, 11) is -4.15. The van der Waals surface area contributed by atoms with Gasteiger partial charge in [-0.2, -0.15) is 8.42 Å². The van der Waals surface area contributed by atoms with Gasteiger partial charge >= 0.3 is 5.97 Å². The molecule has 2 rings (SSSR count). The third-order valence-corrected chi connectivity index (χ3v) is 3.77. The molecule has 0 aromatic heterocycles. The molecule has 2 aromatic carbocycles. The fraction of sp³-hybridized carbons (Fsp3) is 0.188. The number of hydrogen-bond acceptors (Lipinski definition) is 4. The summed E-state index contributed by atoms with van der Waals surface area (Å²) in [6, 6.07) is 18.2. The number of benzene rings is 2. The predicted molar refractivity (Wildman–Crippen MR) is 82.1 cm³/mol. The minimum absolute atomic E-state index is 0.381. The maximum Gasteiger partial charge on any atom is 0.317 e. The lowest BCUT2D eigenvalue weighted by atomic mass is 9.91. The molecule has 0 atom stereocenters. The summed E-state index contributed by atoms with van der Waals surface area (Å²) in [5, 5.41) is 0. The van der Waals surface area contributed by atoms with Crippen LogP contribution in [0.15, 0.2) is 60.7 Å². The Morgan fingerprint density at radius 3 is 1.82 bits per heavy atom. The van der Waals surface area contributed by atoms with E-state index in [1.165, 1.54) is 0 Å². The van der Waals surface area contributed by atoms with Crippen LogP contribution in [0.2, 0.25) is 0 Å². The zero-order valence-corrected chi connectivity index (χ0v) is 12.6. The first-order valence-corrected chi connectivity index (χ1v) is 8.30. The van der Waals surface area contributed by atoms with Gasteiger partial charge in [0, 0.05) is 0 Å². The Morgan fingerprint density at radius 2 is 1.41 bits per heavy atom. The minimum atomic E-state index is -4.15. The molecule has 0 heterocycles. The van der Waals surface area contributed by atoms with E-state index in [0.717, 1.165) is 11.1 Å². The molecule has 0 bridgehead atoms. The van der Waals surface area contributed by atoms with Crippen molar-refractivity contribution in [3.63, 3.8) is 0 Å². The van der Waals surface area contributed by atoms with Crippen LogP contribution in [-0.2, 0) is 19.6 Å². The van der Waals surface area contributed by atoms with Crippen LogP contribution in [0.5, 0.6) is 0 Å². The zero-order valence-electron chi connectivity index (χ0n) is 11.8. The van der Waals surface area contributed by atoms with E-state index in [9.17, 15) is 13.2 Å². The molecule has 22 heavy (non-hydrogen) atoms. The first kappa shape index (κ1) is 16.2. The van der Waals surface area contributed by atoms with Gasteiger partial charge in [-0.05, 0) is 11.1 Å². The average Bonchev–Trinajstić information content (AvgIpc) is 2.48. The highest BCUT2D eigenvalue weighted by Crippen LogP contribution is 2.25. The average molecular weight is 320 g/mol. The van der Waals surface area contributed by atoms with Gasteiger partial charge in [-0.1, -0.05) is 60.7 Å². The summed E-state index contributed by atoms with van der Waals surface area (Å²) in [5.74, 6) is -1.81. The van der Waals surface area contributed by atoms with Gasteiger partial charge in [-0.3, -0.25) is 9.35 Å². The number of hydrogen-bond donors (Lipinski definition) is 1. The van der Waals surface area contributed by atoms with E-state index in [-0.39, 0.29) is 6.61 Å². The van der Waals surface area contributed by atoms with E-state index >= 15 is 0 Å². The Kier molecular flexibility index (Phi) is 5.30. The third-order valence-electron chi connectivity index (χ3n) is 3.09. The number of esters is 1. The molecule has 0 saturated heterocycles. The molecule has 0 spiro atoms. The van der Waals surface area contributed by atoms with Crippen LogP contribution in [0.3, 0.4) is 0 Å². The topological polar surface area (TPSA) is 80.7 Å². The van der Waals surface area contributed by atoms with Crippen molar-refractivity contribution in [3.8, 4) is 0 Å². The van der Waals surface area contributed by atoms with Gasteiger partial charge in [-0.25, -0.2) is 0 Å². The zero-order chi connectivity index (χ0) is 16.0. The van der Waals surface area contributed by atoms with Crippen molar-refractivity contribution in [1.82, 2.24) is 0 Å². The molecule has 6 heteroatoms. The van der Waals surface area contributed by atoms with Crippen LogP contribution in [0.25, 0.3) is 0 Å². The second kappa shape index (κ2) is 7.20. The van der Waals surface area contributed by atoms with Gasteiger partial charge in [0.25, 0.3) is 10.1 Å². The second-order valence-corrected chi connectivity index (χ2v) is 6.28. The van der Waals surface area contributed by atoms with Crippen molar-refractivity contribution in [2.24, 2.45) is 0 Å². The molecule has 0 aliphatic rings. The Bertz CT molecular complexity index is 671. The van der Waals surface area contributed by atoms with Crippen LogP contribution >= 0.6 is 0 Å². The van der Waals surface area contributed by atoms with Gasteiger partial charge in [0.15, 0.2) is 0 Å². The van der Waals surface area contributed by atoms with Gasteiger partial charge in [0.1, 0.15) is 18.3 Å². The molecule has 0 aliphatic carbocycles. The van der Waals surface area contributed by atoms with Gasteiger partial charge in [0.05, 0.1) is 0 Å². The van der Waals surface area contributed by atoms with E-state index in [4.69, 9.17) is 9.29 Å². The summed E-state index contributed by atoms with van der Waals surface area (Å²) in [6.07, 6.45) is 0. The minimum Gasteiger partial charge on any atom is -0.464 e. The van der Waals surface area contributed by atoms with Crippen molar-refractivity contribution < 1.29 is 22.5 Å². The van der Waals surface area contributed by atoms with Crippen LogP contribution in [0.4, 0.5) is 0 Å². The standard InChI is InChI=1S/C16H16O5S/c17-16(21-11-12-22(18,19)20)15(13-7-3-1-4-8-13)14-9-5-2-6-10-14/h1-10,15H,11-12H2,(H,18,19,20). The number of ether oxygens (including phenoxy) is 1. The molecule has 5 nitrogen and oxygen atoms in total. The summed E-state index contributed by atoms with van der Waals surface area (Å²) < 4.78 is 35.1. The van der Waals surface area contributed by atoms with Crippen LogP contribution < -0.4 is 0 Å². The molecular weight excluding hydrogens is 304 g/mol. The Balaban J connectivity index is 2.20. The smallest absolute Gasteiger partial charge is 0.317 e. The van der Waals surface area contributed by atoms with Crippen molar-refractivity contribution in [3.05, 3.63) is 71.8 Å². The van der Waals surface area contributed by atoms with Crippen molar-refractivity contribution in [2.45, 2.75) is 5.92 Å². The van der Waals surface area contributed by atoms with E-state index in [2.05, 4.69) is 0 Å². The molecule has 0 amide bonds. The summed E-state index contributed by atoms with van der Waals surface area (Å²) in [4.78, 5) is 12.3. The SMILES string of the molecule is O=C(OCCS(=O)(=O)O)C(c1ccccc1)c1ccccc1. The quantitative estimate of drug-likeness (QED) is 0.652. The maximum atomic E-state index is 12.3. The van der Waals surface area contributed by atoms with E-state index < -0.39 is 27.8 Å². The lowest BCUT2D eigenvalue weighted by molar-refractivity contribution is -0.143. The lowest BCUT2D eigenvalue weighted by Crippen LogP contribution is -2.21. The van der Waals surface area contributed by atoms with Crippen molar-refractivity contribution >= 4 is 16.1 Å². The van der Waals surface area contributed by atoms with E-state index in [1.54, 1.807) is 0 Å². The highest BCUT2D eigenvalue weighted by atomic mass is 32.2. The normalized spacial score (nSPS) is 11.4. The molecule has 116 valence electrons. The predicted octanol–water partition coefficient (Wildman–Crippen LogP) is 2.25. The molecule has 0 fully saturated rings. The third kappa shape index (κ3) is 4.68. The maximum absolute atomic E-state index is 12.3. The van der Waals surface area contributed by atoms with Crippen LogP contribution in [0.1, 0.15) is 17.0 Å². The highest BCUT2D eigenvalue weighted by Gasteiger charge is 2.24. The Hall–Kier alpha value is -2.18. The first-order valence-electron chi connectivity index (χ1n) is 6.69. The number of rotatable bonds is 6. The van der Waals surface area contributed by atoms with Crippen molar-refractivity contribution in [1.29, 1.82) is 0 Å². The summed E-state index contributed by atoms with van der Waals surface area (Å²) >= 11 is 0. The fourth-order valence-electron chi connectivity index (χ4n) is 2.09. The van der Waals surface area contributed by atoms with Crippen LogP contribution in [-0.4, -0.2) is 31.3 Å². The van der Waals surface area contributed by atoms with Gasteiger partial charge in [-0.15, -0.1) is 0 Å². The lowest BCUT2D eigenvalue weighted by Gasteiger charge is -2.16. The summed E-state index contributed by atoms with van der Waals surface area (Å²) in [6.45, 7) is -0.381. The number of carbonyl (C=O) groups excluding carboxylic acids is 1. The Morgan fingerprint density at radius 1 is 0.955 bits per heavy atom. The summed E-state index contributed by atoms with van der Waals surface area (Å²) in [5.41, 5.74) is 1.51. The second-order valence-electron chi connectivity index (χ2n) is 4.71. The molecule has 0 saturated carbocycles.